The van der Waals surface area contributed by atoms with E-state index in [0.717, 1.165) is 18.2 Å². The molecule has 218 valence electrons. The molecule has 0 saturated carbocycles. The molecule has 0 unspecified atom stereocenters. The highest BCUT2D eigenvalue weighted by Gasteiger charge is 2.35. The number of hydrogen-bond donors (Lipinski definition) is 0. The van der Waals surface area contributed by atoms with Gasteiger partial charge in [-0.05, 0) is 93.9 Å². The topological polar surface area (TPSA) is 93.7 Å². The molecule has 46 heavy (non-hydrogen) atoms. The Morgan fingerprint density at radius 3 is 1.65 bits per heavy atom. The second kappa shape index (κ2) is 11.3. The summed E-state index contributed by atoms with van der Waals surface area (Å²) in [7, 11) is 0. The van der Waals surface area contributed by atoms with E-state index in [1.54, 1.807) is 37.3 Å². The maximum Gasteiger partial charge on any atom is 0.573 e. The molecule has 0 aromatic heterocycles. The predicted octanol–water partition coefficient (Wildman–Crippen LogP) is 9.53. The number of nitriles is 3. The summed E-state index contributed by atoms with van der Waals surface area (Å²) in [5.41, 5.74) is -0.825. The lowest BCUT2D eigenvalue weighted by Gasteiger charge is -2.17. The molecule has 0 atom stereocenters. The summed E-state index contributed by atoms with van der Waals surface area (Å²) in [6.45, 7) is 23.8. The largest absolute Gasteiger partial charge is 0.573 e. The van der Waals surface area contributed by atoms with Gasteiger partial charge in [-0.15, -0.1) is 13.2 Å². The summed E-state index contributed by atoms with van der Waals surface area (Å²) in [5.74, 6) is -2.95. The minimum atomic E-state index is -5.22. The summed E-state index contributed by atoms with van der Waals surface area (Å²) in [6.07, 6.45) is -5.22. The van der Waals surface area contributed by atoms with Crippen molar-refractivity contribution in [1.29, 1.82) is 15.8 Å². The fraction of sp³-hybridized carbons (Fsp3) is 0.0588. The molecular weight excluding hydrogens is 603 g/mol. The molecule has 0 heterocycles. The molecule has 1 aliphatic rings. The van der Waals surface area contributed by atoms with Gasteiger partial charge in [0.1, 0.15) is 29.5 Å². The number of aryl methyl sites for hydroxylation is 1. The van der Waals surface area contributed by atoms with E-state index in [2.05, 4.69) is 19.3 Å². The normalized spacial score (nSPS) is 12.3. The molecule has 12 heteroatoms. The van der Waals surface area contributed by atoms with Crippen LogP contribution in [-0.2, 0) is 0 Å². The van der Waals surface area contributed by atoms with Gasteiger partial charge in [-0.2, -0.15) is 10.5 Å². The van der Waals surface area contributed by atoms with Crippen molar-refractivity contribution in [3.8, 4) is 57.3 Å². The predicted molar refractivity (Wildman–Crippen MR) is 154 cm³/mol. The van der Waals surface area contributed by atoms with Crippen LogP contribution in [-0.4, -0.2) is 6.36 Å². The Bertz CT molecular complexity index is 2250. The number of alkyl halides is 3. The number of allylic oxidation sites excluding steroid dienone is 1. The molecule has 0 spiro atoms. The summed E-state index contributed by atoms with van der Waals surface area (Å²) in [5, 5.41) is 28.7. The Morgan fingerprint density at radius 1 is 0.696 bits per heavy atom. The Hall–Kier alpha value is -6.99. The van der Waals surface area contributed by atoms with Crippen LogP contribution in [0.5, 0.6) is 5.75 Å². The highest BCUT2D eigenvalue weighted by Crippen LogP contribution is 2.52. The summed E-state index contributed by atoms with van der Waals surface area (Å²) in [6, 6.07) is 14.8. The smallest absolute Gasteiger partial charge is 0.405 e. The summed E-state index contributed by atoms with van der Waals surface area (Å²) in [4.78, 5) is 9.46. The van der Waals surface area contributed by atoms with Crippen LogP contribution in [0.4, 0.5) is 33.3 Å². The standard InChI is InChI=1S/C34H11F5N6O/c1-16-5-25-23(10-21(16)17-6-19(13-40)32(35)27(8-17)43-2)24-11-22(18-7-20(14-41)33(36)28(9-18)44-3)30(46-34(37,38)39)12-26(24)31(25)29(15-42)45-4/h5-12H,1H3/b31-29+. The Balaban J connectivity index is 1.91. The van der Waals surface area contributed by atoms with Crippen LogP contribution in [0.3, 0.4) is 0 Å². The minimum absolute atomic E-state index is 0.00746. The lowest BCUT2D eigenvalue weighted by Crippen LogP contribution is -2.17. The van der Waals surface area contributed by atoms with E-state index in [1.807, 2.05) is 0 Å². The Kier molecular flexibility index (Phi) is 7.46. The first-order valence-electron chi connectivity index (χ1n) is 12.7. The first-order valence-corrected chi connectivity index (χ1v) is 12.7. The highest BCUT2D eigenvalue weighted by atomic mass is 19.4. The van der Waals surface area contributed by atoms with Crippen LogP contribution in [0.2, 0.25) is 0 Å². The van der Waals surface area contributed by atoms with Gasteiger partial charge in [0.2, 0.25) is 11.4 Å². The van der Waals surface area contributed by atoms with Crippen LogP contribution in [0, 0.1) is 72.3 Å². The number of halogens is 5. The van der Waals surface area contributed by atoms with Crippen molar-refractivity contribution in [3.63, 3.8) is 0 Å². The lowest BCUT2D eigenvalue weighted by atomic mass is 9.91. The summed E-state index contributed by atoms with van der Waals surface area (Å²) >= 11 is 0. The van der Waals surface area contributed by atoms with Crippen molar-refractivity contribution in [1.82, 2.24) is 0 Å². The van der Waals surface area contributed by atoms with E-state index in [1.165, 1.54) is 18.2 Å². The molecule has 0 amide bonds. The molecule has 0 N–H and O–H groups in total. The minimum Gasteiger partial charge on any atom is -0.405 e. The maximum atomic E-state index is 14.6. The second-order valence-corrected chi connectivity index (χ2v) is 9.76. The third kappa shape index (κ3) is 5.00. The summed E-state index contributed by atoms with van der Waals surface area (Å²) < 4.78 is 74.5. The van der Waals surface area contributed by atoms with E-state index >= 15 is 0 Å². The Labute approximate surface area is 257 Å². The molecule has 0 fully saturated rings. The zero-order chi connectivity index (χ0) is 33.5. The van der Waals surface area contributed by atoms with E-state index in [4.69, 9.17) is 19.7 Å². The van der Waals surface area contributed by atoms with Crippen molar-refractivity contribution >= 4 is 16.9 Å². The molecule has 1 aliphatic carbocycles. The average molecular weight is 614 g/mol. The van der Waals surface area contributed by atoms with Gasteiger partial charge < -0.3 is 4.74 Å². The number of benzene rings is 4. The molecular formula is C34H11F5N6O. The fourth-order valence-corrected chi connectivity index (χ4v) is 5.28. The third-order valence-corrected chi connectivity index (χ3v) is 7.20. The Morgan fingerprint density at radius 2 is 1.20 bits per heavy atom. The van der Waals surface area contributed by atoms with Gasteiger partial charge in [0.15, 0.2) is 0 Å². The van der Waals surface area contributed by atoms with Crippen LogP contribution < -0.4 is 4.74 Å². The van der Waals surface area contributed by atoms with E-state index in [0.29, 0.717) is 22.3 Å². The number of nitrogens with zero attached hydrogens (tertiary/aromatic N) is 6. The van der Waals surface area contributed by atoms with Gasteiger partial charge >= 0.3 is 6.36 Å². The van der Waals surface area contributed by atoms with Crippen LogP contribution in [0.1, 0.15) is 27.8 Å². The average Bonchev–Trinajstić information content (AvgIpc) is 3.32. The second-order valence-electron chi connectivity index (χ2n) is 9.76. The monoisotopic (exact) mass is 614 g/mol. The SMILES string of the molecule is [C-]#[N+]/C(C#N)=C1\c2cc(C)c(-c3cc(C#N)c(F)c([N+]#[C-])c3)cc2-c2cc(-c3cc(C#N)c(F)c([N+]#[C-])c3)c(OC(F)(F)F)cc21. The van der Waals surface area contributed by atoms with Crippen molar-refractivity contribution in [3.05, 3.63) is 128 Å². The molecule has 7 nitrogen and oxygen atoms in total. The number of fused-ring (bicyclic) bond motifs is 3. The van der Waals surface area contributed by atoms with Gasteiger partial charge in [-0.1, -0.05) is 6.07 Å². The van der Waals surface area contributed by atoms with Crippen molar-refractivity contribution in [2.24, 2.45) is 0 Å². The molecule has 0 radical (unpaired) electrons. The van der Waals surface area contributed by atoms with E-state index in [9.17, 15) is 37.7 Å². The first-order chi connectivity index (χ1) is 21.9. The van der Waals surface area contributed by atoms with Crippen molar-refractivity contribution < 1.29 is 26.7 Å². The molecule has 5 rings (SSSR count). The molecule has 0 bridgehead atoms. The van der Waals surface area contributed by atoms with Gasteiger partial charge in [-0.25, -0.2) is 28.6 Å². The molecule has 4 aromatic rings. The highest BCUT2D eigenvalue weighted by molar-refractivity contribution is 6.06. The quantitative estimate of drug-likeness (QED) is 0.115. The first kappa shape index (κ1) is 30.5. The molecule has 0 saturated heterocycles. The van der Waals surface area contributed by atoms with Crippen molar-refractivity contribution in [2.45, 2.75) is 13.3 Å². The number of hydrogen-bond acceptors (Lipinski definition) is 4. The number of rotatable bonds is 3. The fourth-order valence-electron chi connectivity index (χ4n) is 5.28. The van der Waals surface area contributed by atoms with E-state index < -0.39 is 46.4 Å². The zero-order valence-electron chi connectivity index (χ0n) is 23.1. The third-order valence-electron chi connectivity index (χ3n) is 7.20. The maximum absolute atomic E-state index is 14.6. The van der Waals surface area contributed by atoms with Gasteiger partial charge in [0.05, 0.1) is 36.9 Å². The zero-order valence-corrected chi connectivity index (χ0v) is 23.1. The van der Waals surface area contributed by atoms with Gasteiger partial charge in [0.25, 0.3) is 5.70 Å². The van der Waals surface area contributed by atoms with Crippen LogP contribution in [0.15, 0.2) is 54.2 Å². The van der Waals surface area contributed by atoms with Crippen LogP contribution >= 0.6 is 0 Å². The lowest BCUT2D eigenvalue weighted by molar-refractivity contribution is -0.274. The van der Waals surface area contributed by atoms with E-state index in [-0.39, 0.29) is 39.0 Å². The van der Waals surface area contributed by atoms with Crippen molar-refractivity contribution in [2.75, 3.05) is 0 Å². The number of ether oxygens (including phenoxy) is 1. The van der Waals surface area contributed by atoms with Crippen LogP contribution in [0.25, 0.3) is 53.5 Å². The van der Waals surface area contributed by atoms with Gasteiger partial charge in [0, 0.05) is 11.1 Å². The molecule has 0 aliphatic heterocycles. The molecule has 4 aromatic carbocycles. The van der Waals surface area contributed by atoms with Gasteiger partial charge in [-0.3, -0.25) is 0 Å².